The first kappa shape index (κ1) is 15.2. The van der Waals surface area contributed by atoms with E-state index in [0.717, 1.165) is 16.9 Å². The van der Waals surface area contributed by atoms with Gasteiger partial charge in [-0.1, -0.05) is 18.2 Å². The molecule has 0 aliphatic carbocycles. The molecule has 2 heterocycles. The number of aromatic amines is 1. The molecule has 0 bridgehead atoms. The largest absolute Gasteiger partial charge is 0.357 e. The number of H-pyrrole nitrogens is 1. The molecule has 0 aliphatic rings. The lowest BCUT2D eigenvalue weighted by Gasteiger charge is -2.17. The first-order chi connectivity index (χ1) is 11.0. The van der Waals surface area contributed by atoms with Gasteiger partial charge >= 0.3 is 0 Å². The van der Waals surface area contributed by atoms with E-state index >= 15 is 0 Å². The molecule has 23 heavy (non-hydrogen) atoms. The van der Waals surface area contributed by atoms with E-state index in [-0.39, 0.29) is 5.91 Å². The maximum Gasteiger partial charge on any atom is 0.272 e. The van der Waals surface area contributed by atoms with Crippen molar-refractivity contribution in [2.75, 3.05) is 7.05 Å². The molecule has 5 heteroatoms. The molecule has 0 saturated carbocycles. The van der Waals surface area contributed by atoms with Gasteiger partial charge < -0.3 is 9.88 Å². The number of aromatic nitrogens is 3. The lowest BCUT2D eigenvalue weighted by atomic mass is 10.1. The molecule has 118 valence electrons. The summed E-state index contributed by atoms with van der Waals surface area (Å²) in [5, 5.41) is 1.19. The first-order valence-electron chi connectivity index (χ1n) is 7.59. The Balaban J connectivity index is 1.86. The van der Waals surface area contributed by atoms with Gasteiger partial charge in [-0.15, -0.1) is 0 Å². The van der Waals surface area contributed by atoms with Crippen molar-refractivity contribution in [2.45, 2.75) is 27.3 Å². The third-order valence-corrected chi connectivity index (χ3v) is 4.00. The maximum absolute atomic E-state index is 12.6. The molecule has 0 atom stereocenters. The molecule has 2 aromatic heterocycles. The molecule has 0 unspecified atom stereocenters. The average Bonchev–Trinajstić information content (AvgIpc) is 2.82. The number of amides is 1. The minimum Gasteiger partial charge on any atom is -0.357 e. The highest BCUT2D eigenvalue weighted by molar-refractivity contribution is 5.92. The highest BCUT2D eigenvalue weighted by atomic mass is 16.2. The van der Waals surface area contributed by atoms with Gasteiger partial charge in [-0.3, -0.25) is 4.79 Å². The number of carbonyl (C=O) groups excluding carboxylic acids is 1. The number of nitrogens with one attached hydrogen (secondary N) is 1. The second-order valence-electron chi connectivity index (χ2n) is 5.88. The van der Waals surface area contributed by atoms with Crippen molar-refractivity contribution in [3.8, 4) is 0 Å². The highest BCUT2D eigenvalue weighted by Gasteiger charge is 2.17. The molecular formula is C18H20N4O. The molecule has 0 spiro atoms. The van der Waals surface area contributed by atoms with Crippen LogP contribution in [0.15, 0.2) is 30.3 Å². The first-order valence-corrected chi connectivity index (χ1v) is 7.59. The van der Waals surface area contributed by atoms with Gasteiger partial charge in [0, 0.05) is 29.3 Å². The fraction of sp³-hybridized carbons (Fsp3) is 0.278. The SMILES string of the molecule is Cc1cc(C(=O)N(C)Cc2[nH]c3ccccc3c2C)nc(C)n1. The van der Waals surface area contributed by atoms with Crippen LogP contribution in [0.5, 0.6) is 0 Å². The normalized spacial score (nSPS) is 11.0. The Morgan fingerprint density at radius 1 is 1.17 bits per heavy atom. The molecule has 1 N–H and O–H groups in total. The summed E-state index contributed by atoms with van der Waals surface area (Å²) in [6.07, 6.45) is 0. The van der Waals surface area contributed by atoms with Crippen molar-refractivity contribution in [1.29, 1.82) is 0 Å². The number of nitrogens with zero attached hydrogens (tertiary/aromatic N) is 3. The molecular weight excluding hydrogens is 288 g/mol. The van der Waals surface area contributed by atoms with Gasteiger partial charge in [-0.25, -0.2) is 9.97 Å². The van der Waals surface area contributed by atoms with E-state index in [0.29, 0.717) is 18.1 Å². The minimum atomic E-state index is -0.100. The standard InChI is InChI=1S/C18H20N4O/c1-11-9-16(20-13(3)19-11)18(23)22(4)10-17-12(2)14-7-5-6-8-15(14)21-17/h5-9,21H,10H2,1-4H3. The molecule has 1 amide bonds. The summed E-state index contributed by atoms with van der Waals surface area (Å²) in [6, 6.07) is 9.88. The van der Waals surface area contributed by atoms with Crippen LogP contribution >= 0.6 is 0 Å². The predicted octanol–water partition coefficient (Wildman–Crippen LogP) is 3.16. The van der Waals surface area contributed by atoms with Crippen molar-refractivity contribution in [3.05, 3.63) is 58.8 Å². The fourth-order valence-corrected chi connectivity index (χ4v) is 2.83. The molecule has 5 nitrogen and oxygen atoms in total. The van der Waals surface area contributed by atoms with Crippen molar-refractivity contribution in [2.24, 2.45) is 0 Å². The lowest BCUT2D eigenvalue weighted by molar-refractivity contribution is 0.0777. The van der Waals surface area contributed by atoms with E-state index < -0.39 is 0 Å². The molecule has 0 aliphatic heterocycles. The van der Waals surface area contributed by atoms with Crippen molar-refractivity contribution < 1.29 is 4.79 Å². The van der Waals surface area contributed by atoms with Crippen LogP contribution < -0.4 is 0 Å². The Morgan fingerprint density at radius 2 is 1.91 bits per heavy atom. The van der Waals surface area contributed by atoms with E-state index in [4.69, 9.17) is 0 Å². The van der Waals surface area contributed by atoms with Gasteiger partial charge in [-0.05, 0) is 38.5 Å². The smallest absolute Gasteiger partial charge is 0.272 e. The predicted molar refractivity (Wildman–Crippen MR) is 90.3 cm³/mol. The summed E-state index contributed by atoms with van der Waals surface area (Å²) in [5.41, 5.74) is 4.55. The number of hydrogen-bond donors (Lipinski definition) is 1. The molecule has 0 fully saturated rings. The van der Waals surface area contributed by atoms with E-state index in [9.17, 15) is 4.79 Å². The van der Waals surface area contributed by atoms with Gasteiger partial charge in [0.05, 0.1) is 6.54 Å². The molecule has 3 rings (SSSR count). The van der Waals surface area contributed by atoms with E-state index in [1.165, 1.54) is 10.9 Å². The zero-order valence-corrected chi connectivity index (χ0v) is 13.8. The van der Waals surface area contributed by atoms with Crippen LogP contribution in [0.25, 0.3) is 10.9 Å². The Labute approximate surface area is 135 Å². The number of carbonyl (C=O) groups is 1. The molecule has 0 radical (unpaired) electrons. The number of para-hydroxylation sites is 1. The molecule has 1 aromatic carbocycles. The van der Waals surface area contributed by atoms with Crippen molar-refractivity contribution in [3.63, 3.8) is 0 Å². The van der Waals surface area contributed by atoms with Gasteiger partial charge in [0.1, 0.15) is 11.5 Å². The van der Waals surface area contributed by atoms with E-state index in [1.54, 1.807) is 24.9 Å². The molecule has 0 saturated heterocycles. The van der Waals surface area contributed by atoms with Crippen LogP contribution in [0.2, 0.25) is 0 Å². The summed E-state index contributed by atoms with van der Waals surface area (Å²) in [6.45, 7) is 6.26. The monoisotopic (exact) mass is 308 g/mol. The summed E-state index contributed by atoms with van der Waals surface area (Å²) in [4.78, 5) is 26.1. The highest BCUT2D eigenvalue weighted by Crippen LogP contribution is 2.22. The van der Waals surface area contributed by atoms with Crippen LogP contribution in [0, 0.1) is 20.8 Å². The zero-order valence-electron chi connectivity index (χ0n) is 13.8. The third kappa shape index (κ3) is 2.95. The second-order valence-corrected chi connectivity index (χ2v) is 5.88. The van der Waals surface area contributed by atoms with Gasteiger partial charge in [0.25, 0.3) is 5.91 Å². The summed E-state index contributed by atoms with van der Waals surface area (Å²) in [5.74, 6) is 0.514. The number of benzene rings is 1. The van der Waals surface area contributed by atoms with Gasteiger partial charge in [0.2, 0.25) is 0 Å². The summed E-state index contributed by atoms with van der Waals surface area (Å²) < 4.78 is 0. The Morgan fingerprint density at radius 3 is 2.61 bits per heavy atom. The van der Waals surface area contributed by atoms with Gasteiger partial charge in [0.15, 0.2) is 0 Å². The van der Waals surface area contributed by atoms with Crippen LogP contribution in [0.4, 0.5) is 0 Å². The van der Waals surface area contributed by atoms with Crippen LogP contribution in [0.1, 0.15) is 33.3 Å². The van der Waals surface area contributed by atoms with E-state index in [1.807, 2.05) is 25.1 Å². The summed E-state index contributed by atoms with van der Waals surface area (Å²) in [7, 11) is 1.79. The Bertz CT molecular complexity index is 862. The second kappa shape index (κ2) is 5.83. The van der Waals surface area contributed by atoms with Crippen LogP contribution in [-0.2, 0) is 6.54 Å². The lowest BCUT2D eigenvalue weighted by Crippen LogP contribution is -2.28. The number of rotatable bonds is 3. The van der Waals surface area contributed by atoms with E-state index in [2.05, 4.69) is 27.9 Å². The zero-order chi connectivity index (χ0) is 16.6. The van der Waals surface area contributed by atoms with Crippen LogP contribution in [-0.4, -0.2) is 32.8 Å². The molecule has 3 aromatic rings. The Hall–Kier alpha value is -2.69. The number of aryl methyl sites for hydroxylation is 3. The van der Waals surface area contributed by atoms with Crippen molar-refractivity contribution >= 4 is 16.8 Å². The number of fused-ring (bicyclic) bond motifs is 1. The quantitative estimate of drug-likeness (QED) is 0.808. The third-order valence-electron chi connectivity index (χ3n) is 4.00. The Kier molecular flexibility index (Phi) is 3.86. The van der Waals surface area contributed by atoms with Crippen molar-refractivity contribution in [1.82, 2.24) is 19.9 Å². The maximum atomic E-state index is 12.6. The average molecular weight is 308 g/mol. The number of hydrogen-bond acceptors (Lipinski definition) is 3. The van der Waals surface area contributed by atoms with Crippen LogP contribution in [0.3, 0.4) is 0 Å². The fourth-order valence-electron chi connectivity index (χ4n) is 2.83. The topological polar surface area (TPSA) is 61.9 Å². The summed E-state index contributed by atoms with van der Waals surface area (Å²) >= 11 is 0. The minimum absolute atomic E-state index is 0.100. The van der Waals surface area contributed by atoms with Gasteiger partial charge in [-0.2, -0.15) is 0 Å².